The molecule has 184 valence electrons. The summed E-state index contributed by atoms with van der Waals surface area (Å²) in [6.45, 7) is 3.18. The van der Waals surface area contributed by atoms with E-state index in [1.807, 2.05) is 24.3 Å². The summed E-state index contributed by atoms with van der Waals surface area (Å²) >= 11 is 0. The second-order valence-electron chi connectivity index (χ2n) is 8.10. The molecule has 0 saturated heterocycles. The van der Waals surface area contributed by atoms with Gasteiger partial charge in [0.25, 0.3) is 5.91 Å². The van der Waals surface area contributed by atoms with Crippen LogP contribution in [-0.2, 0) is 14.3 Å². The summed E-state index contributed by atoms with van der Waals surface area (Å²) in [4.78, 5) is 44.5. The van der Waals surface area contributed by atoms with Crippen LogP contribution in [-0.4, -0.2) is 41.0 Å². The summed E-state index contributed by atoms with van der Waals surface area (Å²) in [5, 5.41) is 5.39. The van der Waals surface area contributed by atoms with Crippen LogP contribution >= 0.6 is 0 Å². The van der Waals surface area contributed by atoms with E-state index in [-0.39, 0.29) is 5.91 Å². The van der Waals surface area contributed by atoms with Gasteiger partial charge in [0.2, 0.25) is 5.91 Å². The number of hydrogen-bond donors (Lipinski definition) is 3. The molecule has 9 heteroatoms. The molecule has 0 aliphatic heterocycles. The summed E-state index contributed by atoms with van der Waals surface area (Å²) < 4.78 is 10.7. The average molecular weight is 487 g/mol. The Kier molecular flexibility index (Phi) is 7.29. The number of hydrogen-bond acceptors (Lipinski definition) is 6. The lowest BCUT2D eigenvalue weighted by atomic mass is 10.2. The molecule has 0 fully saturated rings. The van der Waals surface area contributed by atoms with Gasteiger partial charge in [-0.25, -0.2) is 9.78 Å². The van der Waals surface area contributed by atoms with Gasteiger partial charge < -0.3 is 25.1 Å². The minimum atomic E-state index is -0.972. The van der Waals surface area contributed by atoms with Crippen molar-refractivity contribution in [2.24, 2.45) is 0 Å². The lowest BCUT2D eigenvalue weighted by molar-refractivity contribution is -0.124. The Labute approximate surface area is 207 Å². The number of benzene rings is 3. The van der Waals surface area contributed by atoms with Crippen LogP contribution < -0.4 is 15.4 Å². The van der Waals surface area contributed by atoms with Crippen LogP contribution in [0.5, 0.6) is 5.75 Å². The van der Waals surface area contributed by atoms with Gasteiger partial charge >= 0.3 is 5.97 Å². The summed E-state index contributed by atoms with van der Waals surface area (Å²) in [5.41, 5.74) is 3.69. The van der Waals surface area contributed by atoms with Crippen LogP contribution in [0.15, 0.2) is 66.7 Å². The molecule has 0 saturated carbocycles. The monoisotopic (exact) mass is 486 g/mol. The maximum atomic E-state index is 12.8. The van der Waals surface area contributed by atoms with Crippen molar-refractivity contribution in [1.29, 1.82) is 0 Å². The summed E-state index contributed by atoms with van der Waals surface area (Å²) in [6.07, 6.45) is -0.671. The number of carbonyl (C=O) groups is 3. The van der Waals surface area contributed by atoms with Gasteiger partial charge in [0.1, 0.15) is 11.6 Å². The predicted molar refractivity (Wildman–Crippen MR) is 137 cm³/mol. The van der Waals surface area contributed by atoms with Crippen LogP contribution in [0.25, 0.3) is 22.4 Å². The number of methoxy groups -OCH3 is 1. The van der Waals surface area contributed by atoms with E-state index in [1.165, 1.54) is 6.92 Å². The second-order valence-corrected chi connectivity index (χ2v) is 8.10. The van der Waals surface area contributed by atoms with E-state index in [1.54, 1.807) is 56.5 Å². The van der Waals surface area contributed by atoms with Crippen LogP contribution in [0, 0.1) is 0 Å². The molecule has 1 heterocycles. The first-order chi connectivity index (χ1) is 17.4. The van der Waals surface area contributed by atoms with Gasteiger partial charge in [-0.05, 0) is 73.2 Å². The van der Waals surface area contributed by atoms with E-state index in [9.17, 15) is 14.4 Å². The Morgan fingerprint density at radius 1 is 0.944 bits per heavy atom. The van der Waals surface area contributed by atoms with Crippen LogP contribution in [0.4, 0.5) is 11.4 Å². The molecule has 3 aromatic carbocycles. The number of nitrogens with zero attached hydrogens (tertiary/aromatic N) is 1. The molecule has 1 atom stereocenters. The van der Waals surface area contributed by atoms with E-state index in [0.717, 1.165) is 11.3 Å². The summed E-state index contributed by atoms with van der Waals surface area (Å²) in [6, 6.07) is 19.1. The van der Waals surface area contributed by atoms with E-state index in [4.69, 9.17) is 9.47 Å². The normalized spacial score (nSPS) is 11.5. The van der Waals surface area contributed by atoms with Crippen molar-refractivity contribution < 1.29 is 23.9 Å². The first-order valence-corrected chi connectivity index (χ1v) is 11.4. The third kappa shape index (κ3) is 5.69. The average Bonchev–Trinajstić information content (AvgIpc) is 3.31. The number of fused-ring (bicyclic) bond motifs is 1. The Bertz CT molecular complexity index is 1390. The molecule has 2 amide bonds. The van der Waals surface area contributed by atoms with Crippen molar-refractivity contribution in [3.63, 3.8) is 0 Å². The maximum absolute atomic E-state index is 12.8. The number of aromatic nitrogens is 2. The van der Waals surface area contributed by atoms with Crippen molar-refractivity contribution in [3.8, 4) is 17.1 Å². The largest absolute Gasteiger partial charge is 0.497 e. The van der Waals surface area contributed by atoms with E-state index >= 15 is 0 Å². The number of ether oxygens (including phenoxy) is 2. The Balaban J connectivity index is 1.43. The molecule has 4 rings (SSSR count). The zero-order valence-corrected chi connectivity index (χ0v) is 20.1. The third-order valence-electron chi connectivity index (χ3n) is 5.47. The quantitative estimate of drug-likeness (QED) is 0.308. The van der Waals surface area contributed by atoms with Gasteiger partial charge in [-0.3, -0.25) is 9.59 Å². The lowest BCUT2D eigenvalue weighted by Gasteiger charge is -2.16. The minimum Gasteiger partial charge on any atom is -0.497 e. The number of esters is 1. The van der Waals surface area contributed by atoms with Crippen molar-refractivity contribution in [3.05, 3.63) is 72.3 Å². The summed E-state index contributed by atoms with van der Waals surface area (Å²) in [7, 11) is 1.61. The van der Waals surface area contributed by atoms with Gasteiger partial charge in [0, 0.05) is 23.9 Å². The second kappa shape index (κ2) is 10.7. The number of anilines is 2. The molecule has 0 bridgehead atoms. The highest BCUT2D eigenvalue weighted by atomic mass is 16.5. The predicted octanol–water partition coefficient (Wildman–Crippen LogP) is 4.77. The topological polar surface area (TPSA) is 122 Å². The highest BCUT2D eigenvalue weighted by Gasteiger charge is 2.22. The highest BCUT2D eigenvalue weighted by Crippen LogP contribution is 2.24. The molecular formula is C27H26N4O5. The van der Waals surface area contributed by atoms with Gasteiger partial charge in [0.05, 0.1) is 23.7 Å². The van der Waals surface area contributed by atoms with E-state index in [2.05, 4.69) is 20.6 Å². The molecule has 0 spiro atoms. The fourth-order valence-corrected chi connectivity index (χ4v) is 3.60. The van der Waals surface area contributed by atoms with Crippen molar-refractivity contribution in [2.45, 2.75) is 26.4 Å². The van der Waals surface area contributed by atoms with Gasteiger partial charge in [0.15, 0.2) is 6.10 Å². The first kappa shape index (κ1) is 24.5. The Hall–Kier alpha value is -4.66. The molecule has 1 aromatic heterocycles. The van der Waals surface area contributed by atoms with Crippen LogP contribution in [0.1, 0.15) is 30.6 Å². The molecule has 9 nitrogen and oxygen atoms in total. The number of aromatic amines is 1. The minimum absolute atomic E-state index is 0.185. The molecule has 0 aliphatic carbocycles. The van der Waals surface area contributed by atoms with Crippen molar-refractivity contribution in [1.82, 2.24) is 9.97 Å². The van der Waals surface area contributed by atoms with E-state index in [0.29, 0.717) is 40.2 Å². The number of nitrogens with one attached hydrogen (secondary N) is 3. The highest BCUT2D eigenvalue weighted by molar-refractivity contribution is 5.99. The van der Waals surface area contributed by atoms with E-state index < -0.39 is 18.0 Å². The molecular weight excluding hydrogens is 460 g/mol. The Morgan fingerprint density at radius 2 is 1.61 bits per heavy atom. The number of rotatable bonds is 8. The fraction of sp³-hybridized carbons (Fsp3) is 0.185. The number of imidazole rings is 1. The fourth-order valence-electron chi connectivity index (χ4n) is 3.60. The molecule has 4 aromatic rings. The molecule has 0 radical (unpaired) electrons. The van der Waals surface area contributed by atoms with Gasteiger partial charge in [-0.1, -0.05) is 6.92 Å². The van der Waals surface area contributed by atoms with Gasteiger partial charge in [-0.15, -0.1) is 0 Å². The van der Waals surface area contributed by atoms with Crippen molar-refractivity contribution >= 4 is 40.2 Å². The zero-order valence-electron chi connectivity index (χ0n) is 20.1. The van der Waals surface area contributed by atoms with Crippen LogP contribution in [0.3, 0.4) is 0 Å². The SMILES string of the molecule is CCC(OC(=O)c1ccc2nc(-c3ccc(OC)cc3)[nH]c2c1)C(=O)Nc1ccc(NC(C)=O)cc1. The summed E-state index contributed by atoms with van der Waals surface area (Å²) in [5.74, 6) is 0.169. The number of carbonyl (C=O) groups excluding carboxylic acids is 3. The Morgan fingerprint density at radius 3 is 2.22 bits per heavy atom. The molecule has 3 N–H and O–H groups in total. The smallest absolute Gasteiger partial charge is 0.338 e. The maximum Gasteiger partial charge on any atom is 0.338 e. The lowest BCUT2D eigenvalue weighted by Crippen LogP contribution is -2.32. The third-order valence-corrected chi connectivity index (χ3v) is 5.47. The number of H-pyrrole nitrogens is 1. The van der Waals surface area contributed by atoms with Crippen LogP contribution in [0.2, 0.25) is 0 Å². The molecule has 0 aliphatic rings. The first-order valence-electron chi connectivity index (χ1n) is 11.4. The zero-order chi connectivity index (χ0) is 25.7. The van der Waals surface area contributed by atoms with Crippen molar-refractivity contribution in [2.75, 3.05) is 17.7 Å². The number of amides is 2. The van der Waals surface area contributed by atoms with Gasteiger partial charge in [-0.2, -0.15) is 0 Å². The molecule has 36 heavy (non-hydrogen) atoms. The standard InChI is InChI=1S/C27H26N4O5/c1-4-24(26(33)29-20-10-8-19(9-11-20)28-16(2)32)36-27(34)18-7-14-22-23(15-18)31-25(30-22)17-5-12-21(35-3)13-6-17/h5-15,24H,4H2,1-3H3,(H,28,32)(H,29,33)(H,30,31). The molecule has 1 unspecified atom stereocenters.